The summed E-state index contributed by atoms with van der Waals surface area (Å²) in [6.45, 7) is 4.76. The molecule has 2 rings (SSSR count). The first kappa shape index (κ1) is 18.1. The lowest BCUT2D eigenvalue weighted by atomic mass is 9.99. The van der Waals surface area contributed by atoms with Crippen molar-refractivity contribution in [1.82, 2.24) is 25.5 Å². The van der Waals surface area contributed by atoms with E-state index in [2.05, 4.69) is 46.8 Å². The first-order valence-corrected chi connectivity index (χ1v) is 6.89. The number of carbonyl (C=O) groups is 1. The number of nitrogens with zero attached hydrogens (tertiary/aromatic N) is 4. The predicted octanol–water partition coefficient (Wildman–Crippen LogP) is 1.03. The molecule has 0 aliphatic rings. The summed E-state index contributed by atoms with van der Waals surface area (Å²) in [6.07, 6.45) is 1.39. The molecule has 1 aromatic carbocycles. The Morgan fingerprint density at radius 3 is 2.45 bits per heavy atom. The SMILES string of the molecule is CC(C)c1ccc(C(N)CNC(=O)Cn2cnnn2)cc1.Cl. The lowest BCUT2D eigenvalue weighted by molar-refractivity contribution is -0.121. The smallest absolute Gasteiger partial charge is 0.241 e. The highest BCUT2D eigenvalue weighted by Gasteiger charge is 2.09. The van der Waals surface area contributed by atoms with E-state index in [9.17, 15) is 4.79 Å². The van der Waals surface area contributed by atoms with Crippen LogP contribution in [0, 0.1) is 0 Å². The van der Waals surface area contributed by atoms with Crippen molar-refractivity contribution in [2.24, 2.45) is 5.73 Å². The van der Waals surface area contributed by atoms with Crippen molar-refractivity contribution in [2.45, 2.75) is 32.4 Å². The predicted molar refractivity (Wildman–Crippen MR) is 85.5 cm³/mol. The summed E-state index contributed by atoms with van der Waals surface area (Å²) in [5.74, 6) is 0.322. The van der Waals surface area contributed by atoms with Crippen LogP contribution >= 0.6 is 12.4 Å². The molecule has 0 saturated heterocycles. The monoisotopic (exact) mass is 324 g/mol. The molecule has 2 aromatic rings. The summed E-state index contributed by atoms with van der Waals surface area (Å²) in [6, 6.07) is 7.93. The normalized spacial score (nSPS) is 11.8. The van der Waals surface area contributed by atoms with Crippen molar-refractivity contribution in [3.63, 3.8) is 0 Å². The Balaban J connectivity index is 0.00000242. The third-order valence-electron chi connectivity index (χ3n) is 3.25. The van der Waals surface area contributed by atoms with Gasteiger partial charge in [-0.3, -0.25) is 4.79 Å². The molecule has 22 heavy (non-hydrogen) atoms. The van der Waals surface area contributed by atoms with Gasteiger partial charge in [-0.25, -0.2) is 4.68 Å². The van der Waals surface area contributed by atoms with Gasteiger partial charge in [0, 0.05) is 12.6 Å². The fourth-order valence-corrected chi connectivity index (χ4v) is 1.93. The fourth-order valence-electron chi connectivity index (χ4n) is 1.93. The minimum Gasteiger partial charge on any atom is -0.353 e. The topological polar surface area (TPSA) is 98.7 Å². The Kier molecular flexibility index (Phi) is 6.94. The second-order valence-electron chi connectivity index (χ2n) is 5.24. The van der Waals surface area contributed by atoms with Gasteiger partial charge >= 0.3 is 0 Å². The third-order valence-corrected chi connectivity index (χ3v) is 3.25. The van der Waals surface area contributed by atoms with E-state index >= 15 is 0 Å². The lowest BCUT2D eigenvalue weighted by Crippen LogP contribution is -2.34. The number of halogens is 1. The molecule has 0 spiro atoms. The molecule has 0 aliphatic heterocycles. The maximum absolute atomic E-state index is 11.7. The Morgan fingerprint density at radius 2 is 1.91 bits per heavy atom. The Morgan fingerprint density at radius 1 is 1.27 bits per heavy atom. The van der Waals surface area contributed by atoms with Crippen molar-refractivity contribution in [1.29, 1.82) is 0 Å². The lowest BCUT2D eigenvalue weighted by Gasteiger charge is -2.14. The van der Waals surface area contributed by atoms with Gasteiger partial charge in [-0.15, -0.1) is 17.5 Å². The zero-order valence-electron chi connectivity index (χ0n) is 12.6. The molecule has 0 saturated carbocycles. The molecule has 0 aliphatic carbocycles. The number of rotatable bonds is 6. The van der Waals surface area contributed by atoms with Gasteiger partial charge in [-0.05, 0) is 27.5 Å². The summed E-state index contributed by atoms with van der Waals surface area (Å²) in [5, 5.41) is 13.3. The first-order valence-electron chi connectivity index (χ1n) is 6.89. The number of carbonyl (C=O) groups excluding carboxylic acids is 1. The van der Waals surface area contributed by atoms with E-state index in [1.54, 1.807) is 0 Å². The quantitative estimate of drug-likeness (QED) is 0.827. The molecule has 0 radical (unpaired) electrons. The van der Waals surface area contributed by atoms with Crippen LogP contribution in [-0.4, -0.2) is 32.7 Å². The maximum Gasteiger partial charge on any atom is 0.241 e. The third kappa shape index (κ3) is 5.09. The number of aromatic nitrogens is 4. The second kappa shape index (κ2) is 8.45. The largest absolute Gasteiger partial charge is 0.353 e. The molecule has 7 nitrogen and oxygen atoms in total. The van der Waals surface area contributed by atoms with E-state index in [0.717, 1.165) is 5.56 Å². The number of nitrogens with one attached hydrogen (secondary N) is 1. The van der Waals surface area contributed by atoms with Gasteiger partial charge in [-0.2, -0.15) is 0 Å². The molecular formula is C14H21ClN6O. The zero-order valence-corrected chi connectivity index (χ0v) is 13.5. The van der Waals surface area contributed by atoms with Gasteiger partial charge < -0.3 is 11.1 Å². The van der Waals surface area contributed by atoms with Crippen LogP contribution in [0.15, 0.2) is 30.6 Å². The minimum atomic E-state index is -0.232. The van der Waals surface area contributed by atoms with E-state index in [1.807, 2.05) is 12.1 Å². The number of benzene rings is 1. The number of tetrazole rings is 1. The molecule has 0 bridgehead atoms. The van der Waals surface area contributed by atoms with Crippen molar-refractivity contribution in [3.8, 4) is 0 Å². The van der Waals surface area contributed by atoms with Gasteiger partial charge in [-0.1, -0.05) is 38.1 Å². The van der Waals surface area contributed by atoms with Crippen LogP contribution in [-0.2, 0) is 11.3 Å². The summed E-state index contributed by atoms with van der Waals surface area (Å²) in [7, 11) is 0. The van der Waals surface area contributed by atoms with Crippen molar-refractivity contribution in [3.05, 3.63) is 41.7 Å². The molecule has 1 atom stereocenters. The van der Waals surface area contributed by atoms with Gasteiger partial charge in [0.15, 0.2) is 0 Å². The molecule has 1 unspecified atom stereocenters. The average Bonchev–Trinajstić information content (AvgIpc) is 2.97. The van der Waals surface area contributed by atoms with Crippen LogP contribution in [0.4, 0.5) is 0 Å². The summed E-state index contributed by atoms with van der Waals surface area (Å²) in [5.41, 5.74) is 8.35. The maximum atomic E-state index is 11.7. The molecule has 8 heteroatoms. The molecular weight excluding hydrogens is 304 g/mol. The second-order valence-corrected chi connectivity index (χ2v) is 5.24. The fraction of sp³-hybridized carbons (Fsp3) is 0.429. The standard InChI is InChI=1S/C14H20N6O.ClH/c1-10(2)11-3-5-12(6-4-11)13(15)7-16-14(21)8-20-9-17-18-19-20;/h3-6,9-10,13H,7-8,15H2,1-2H3,(H,16,21);1H. The van der Waals surface area contributed by atoms with E-state index in [0.29, 0.717) is 12.5 Å². The van der Waals surface area contributed by atoms with Crippen molar-refractivity contribution in [2.75, 3.05) is 6.54 Å². The van der Waals surface area contributed by atoms with Crippen LogP contribution in [0.2, 0.25) is 0 Å². The van der Waals surface area contributed by atoms with Gasteiger partial charge in [0.2, 0.25) is 5.91 Å². The van der Waals surface area contributed by atoms with E-state index in [-0.39, 0.29) is 30.9 Å². The van der Waals surface area contributed by atoms with Crippen LogP contribution in [0.1, 0.15) is 36.9 Å². The van der Waals surface area contributed by atoms with E-state index < -0.39 is 0 Å². The molecule has 3 N–H and O–H groups in total. The van der Waals surface area contributed by atoms with Gasteiger partial charge in [0.05, 0.1) is 0 Å². The van der Waals surface area contributed by atoms with E-state index in [1.165, 1.54) is 16.6 Å². The summed E-state index contributed by atoms with van der Waals surface area (Å²) >= 11 is 0. The highest BCUT2D eigenvalue weighted by molar-refractivity contribution is 5.85. The highest BCUT2D eigenvalue weighted by atomic mass is 35.5. The minimum absolute atomic E-state index is 0. The molecule has 1 heterocycles. The van der Waals surface area contributed by atoms with Crippen LogP contribution in [0.3, 0.4) is 0 Å². The van der Waals surface area contributed by atoms with Gasteiger partial charge in [0.25, 0.3) is 0 Å². The number of hydrogen-bond acceptors (Lipinski definition) is 5. The Labute approximate surface area is 135 Å². The number of amides is 1. The molecule has 1 amide bonds. The van der Waals surface area contributed by atoms with Crippen LogP contribution in [0.25, 0.3) is 0 Å². The van der Waals surface area contributed by atoms with Crippen molar-refractivity contribution < 1.29 is 4.79 Å². The molecule has 120 valence electrons. The highest BCUT2D eigenvalue weighted by Crippen LogP contribution is 2.17. The van der Waals surface area contributed by atoms with Crippen LogP contribution in [0.5, 0.6) is 0 Å². The Hall–Kier alpha value is -1.99. The molecule has 1 aromatic heterocycles. The number of hydrogen-bond donors (Lipinski definition) is 2. The number of nitrogens with two attached hydrogens (primary N) is 1. The summed E-state index contributed by atoms with van der Waals surface area (Å²) < 4.78 is 1.36. The molecule has 0 fully saturated rings. The summed E-state index contributed by atoms with van der Waals surface area (Å²) in [4.78, 5) is 11.7. The van der Waals surface area contributed by atoms with Crippen LogP contribution < -0.4 is 11.1 Å². The average molecular weight is 325 g/mol. The van der Waals surface area contributed by atoms with Crippen molar-refractivity contribution >= 4 is 18.3 Å². The van der Waals surface area contributed by atoms with E-state index in [4.69, 9.17) is 5.73 Å². The Bertz CT molecular complexity index is 570. The first-order chi connectivity index (χ1) is 10.1. The van der Waals surface area contributed by atoms with Gasteiger partial charge in [0.1, 0.15) is 12.9 Å². The zero-order chi connectivity index (χ0) is 15.2.